The fraction of sp³-hybridized carbons (Fsp3) is 0.367. The Balaban J connectivity index is 1.64. The van der Waals surface area contributed by atoms with Gasteiger partial charge in [-0.25, -0.2) is 8.78 Å². The molecule has 7 N–H and O–H groups in total. The third-order valence-corrected chi connectivity index (χ3v) is 8.59. The number of rotatable bonds is 6. The van der Waals surface area contributed by atoms with Crippen LogP contribution in [0.15, 0.2) is 46.9 Å². The maximum absolute atomic E-state index is 14.1. The molecule has 0 aliphatic heterocycles. The number of hydrogen-bond acceptors (Lipinski definition) is 10. The Bertz CT molecular complexity index is 1630. The van der Waals surface area contributed by atoms with Crippen molar-refractivity contribution in [2.75, 3.05) is 38.4 Å². The van der Waals surface area contributed by atoms with Gasteiger partial charge in [0.05, 0.1) is 17.3 Å². The molecule has 1 amide bonds. The fourth-order valence-electron chi connectivity index (χ4n) is 6.74. The van der Waals surface area contributed by atoms with Crippen LogP contribution in [-0.4, -0.2) is 82.6 Å². The van der Waals surface area contributed by atoms with Crippen LogP contribution in [0, 0.1) is 23.5 Å². The molecule has 4 atom stereocenters. The normalized spacial score (nSPS) is 25.0. The van der Waals surface area contributed by atoms with Gasteiger partial charge in [-0.3, -0.25) is 19.3 Å². The first-order chi connectivity index (χ1) is 20.1. The van der Waals surface area contributed by atoms with Crippen molar-refractivity contribution in [3.8, 4) is 5.75 Å². The van der Waals surface area contributed by atoms with E-state index in [1.54, 1.807) is 39.2 Å². The van der Waals surface area contributed by atoms with Gasteiger partial charge in [0.15, 0.2) is 11.4 Å². The van der Waals surface area contributed by atoms with Gasteiger partial charge in [-0.15, -0.1) is 0 Å². The Hall–Kier alpha value is -4.49. The van der Waals surface area contributed by atoms with Crippen molar-refractivity contribution in [2.24, 2.45) is 17.6 Å². The smallest absolute Gasteiger partial charge is 0.255 e. The Morgan fingerprint density at radius 1 is 1.07 bits per heavy atom. The number of carbonyl (C=O) groups excluding carboxylic acids is 3. The molecule has 2 aromatic carbocycles. The number of primary amides is 1. The van der Waals surface area contributed by atoms with Crippen LogP contribution < -0.4 is 16.0 Å². The molecule has 11 nitrogen and oxygen atoms in total. The number of carbonyl (C=O) groups is 3. The molecular weight excluding hydrogens is 566 g/mol. The first kappa shape index (κ1) is 30.0. The number of nitrogens with two attached hydrogens (primary N) is 1. The van der Waals surface area contributed by atoms with Crippen LogP contribution in [0.5, 0.6) is 5.75 Å². The van der Waals surface area contributed by atoms with Crippen molar-refractivity contribution in [1.29, 1.82) is 0 Å². The third kappa shape index (κ3) is 4.50. The number of nitrogens with one attached hydrogen (secondary N) is 1. The lowest BCUT2D eigenvalue weighted by Gasteiger charge is -2.50. The van der Waals surface area contributed by atoms with Gasteiger partial charge in [0.25, 0.3) is 5.91 Å². The zero-order valence-electron chi connectivity index (χ0n) is 23.9. The Labute approximate surface area is 245 Å². The molecular formula is C30H32F2N4O7. The van der Waals surface area contributed by atoms with Crippen LogP contribution in [0.2, 0.25) is 0 Å². The van der Waals surface area contributed by atoms with Crippen LogP contribution in [0.1, 0.15) is 27.9 Å². The van der Waals surface area contributed by atoms with E-state index < -0.39 is 75.4 Å². The average Bonchev–Trinajstić information content (AvgIpc) is 2.89. The molecule has 0 bridgehead atoms. The van der Waals surface area contributed by atoms with Crippen molar-refractivity contribution in [3.05, 3.63) is 75.3 Å². The highest BCUT2D eigenvalue weighted by Gasteiger charge is 2.63. The third-order valence-electron chi connectivity index (χ3n) is 8.59. The summed E-state index contributed by atoms with van der Waals surface area (Å²) in [6, 6.07) is 3.45. The number of benzene rings is 2. The number of fused-ring (bicyclic) bond motifs is 3. The lowest BCUT2D eigenvalue weighted by atomic mass is 9.58. The minimum Gasteiger partial charge on any atom is -0.510 e. The fourth-order valence-corrected chi connectivity index (χ4v) is 6.74. The Morgan fingerprint density at radius 3 is 2.26 bits per heavy atom. The number of nitrogens with zero attached hydrogens (tertiary/aromatic N) is 2. The number of anilines is 2. The van der Waals surface area contributed by atoms with Crippen molar-refractivity contribution in [3.63, 3.8) is 0 Å². The summed E-state index contributed by atoms with van der Waals surface area (Å²) in [4.78, 5) is 42.9. The van der Waals surface area contributed by atoms with Gasteiger partial charge in [-0.1, -0.05) is 0 Å². The summed E-state index contributed by atoms with van der Waals surface area (Å²) in [7, 11) is 6.56. The van der Waals surface area contributed by atoms with Crippen molar-refractivity contribution >= 4 is 28.8 Å². The molecule has 0 saturated heterocycles. The molecule has 0 aromatic heterocycles. The zero-order chi connectivity index (χ0) is 31.7. The summed E-state index contributed by atoms with van der Waals surface area (Å²) in [6.07, 6.45) is 0.0789. The average molecular weight is 599 g/mol. The molecule has 2 aromatic rings. The number of aliphatic hydroxyl groups excluding tert-OH is 2. The number of likely N-dealkylation sites (N-methyl/N-ethyl adjacent to an activating group) is 1. The van der Waals surface area contributed by atoms with E-state index >= 15 is 0 Å². The number of allylic oxidation sites excluding steroid dienone is 1. The largest absolute Gasteiger partial charge is 0.510 e. The molecule has 228 valence electrons. The maximum Gasteiger partial charge on any atom is 0.255 e. The first-order valence-electron chi connectivity index (χ1n) is 13.5. The number of amides is 1. The summed E-state index contributed by atoms with van der Waals surface area (Å²) < 4.78 is 27.4. The van der Waals surface area contributed by atoms with E-state index in [9.17, 15) is 43.6 Å². The van der Waals surface area contributed by atoms with Crippen molar-refractivity contribution < 1.29 is 43.6 Å². The monoisotopic (exact) mass is 598 g/mol. The van der Waals surface area contributed by atoms with E-state index in [-0.39, 0.29) is 41.8 Å². The van der Waals surface area contributed by atoms with Gasteiger partial charge in [-0.05, 0) is 62.2 Å². The number of Topliss-reactive ketones (excluding diaryl/α,β-unsaturated/α-hetero) is 2. The lowest BCUT2D eigenvalue weighted by Crippen LogP contribution is -2.63. The second-order valence-electron chi connectivity index (χ2n) is 11.6. The minimum absolute atomic E-state index is 0.0372. The number of halogens is 2. The van der Waals surface area contributed by atoms with E-state index in [0.717, 1.165) is 18.2 Å². The maximum atomic E-state index is 14.1. The molecule has 0 saturated carbocycles. The molecule has 0 radical (unpaired) electrons. The quantitative estimate of drug-likeness (QED) is 0.213. The van der Waals surface area contributed by atoms with Crippen LogP contribution in [0.25, 0.3) is 0 Å². The summed E-state index contributed by atoms with van der Waals surface area (Å²) in [5.74, 6) is -8.99. The van der Waals surface area contributed by atoms with E-state index in [1.807, 2.05) is 0 Å². The van der Waals surface area contributed by atoms with E-state index in [2.05, 4.69) is 5.32 Å². The van der Waals surface area contributed by atoms with Gasteiger partial charge in [0.2, 0.25) is 5.78 Å². The molecule has 1 unspecified atom stereocenters. The summed E-state index contributed by atoms with van der Waals surface area (Å²) >= 11 is 0. The van der Waals surface area contributed by atoms with Gasteiger partial charge < -0.3 is 36.4 Å². The number of phenols is 1. The van der Waals surface area contributed by atoms with Crippen LogP contribution >= 0.6 is 0 Å². The summed E-state index contributed by atoms with van der Waals surface area (Å²) in [5.41, 5.74) is 2.56. The standard InChI is InChI=1S/C30H32F2N4O7/c1-35(2)19-10-18(34-11-12-5-14(31)9-15(32)6-12)24(37)21-16(19)7-13-8-17-23(36(3)4)26(39)22(29(33)42)28(41)30(17,43)27(40)20(13)25(21)38/h5-6,9-10,13,17,23,34,37,39-40,43H,7-8,11H2,1-4H3,(H2,33,42)/t13-,17+,23-,30?/m0/s1. The lowest BCUT2D eigenvalue weighted by molar-refractivity contribution is -0.148. The van der Waals surface area contributed by atoms with Crippen LogP contribution in [0.4, 0.5) is 20.2 Å². The van der Waals surface area contributed by atoms with Gasteiger partial charge in [0, 0.05) is 43.9 Å². The number of phenolic OH excluding ortho intramolecular Hbond substituents is 1. The molecule has 3 aliphatic rings. The second kappa shape index (κ2) is 10.3. The predicted molar refractivity (Wildman–Crippen MR) is 152 cm³/mol. The molecule has 3 aliphatic carbocycles. The van der Waals surface area contributed by atoms with Crippen LogP contribution in [0.3, 0.4) is 0 Å². The number of ketones is 2. The molecule has 43 heavy (non-hydrogen) atoms. The summed E-state index contributed by atoms with van der Waals surface area (Å²) in [6.45, 7) is -0.105. The van der Waals surface area contributed by atoms with E-state index in [4.69, 9.17) is 5.73 Å². The summed E-state index contributed by atoms with van der Waals surface area (Å²) in [5, 5.41) is 48.3. The number of aromatic hydroxyl groups is 1. The van der Waals surface area contributed by atoms with E-state index in [1.165, 1.54) is 4.90 Å². The first-order valence-corrected chi connectivity index (χ1v) is 13.5. The second-order valence-corrected chi connectivity index (χ2v) is 11.6. The predicted octanol–water partition coefficient (Wildman–Crippen LogP) is 2.08. The van der Waals surface area contributed by atoms with Crippen LogP contribution in [-0.2, 0) is 22.6 Å². The van der Waals surface area contributed by atoms with Gasteiger partial charge in [0.1, 0.15) is 34.5 Å². The molecule has 5 rings (SSSR count). The SMILES string of the molecule is CN(C)c1cc(NCc2cc(F)cc(F)c2)c(O)c2c1C[C@H]1C[C@@H]3[C@H](N(C)C)C(O)=C(C(N)=O)C(=O)C3(O)C(O)=C1C2=O. The van der Waals surface area contributed by atoms with Crippen molar-refractivity contribution in [2.45, 2.75) is 31.0 Å². The molecule has 13 heteroatoms. The molecule has 0 spiro atoms. The van der Waals surface area contributed by atoms with Crippen molar-refractivity contribution in [1.82, 2.24) is 4.90 Å². The molecule has 0 fully saturated rings. The zero-order valence-corrected chi connectivity index (χ0v) is 23.9. The van der Waals surface area contributed by atoms with E-state index in [0.29, 0.717) is 11.3 Å². The molecule has 0 heterocycles. The highest BCUT2D eigenvalue weighted by atomic mass is 19.1. The Kier molecular flexibility index (Phi) is 7.22. The minimum atomic E-state index is -2.75. The number of hydrogen-bond donors (Lipinski definition) is 6. The van der Waals surface area contributed by atoms with Gasteiger partial charge in [-0.2, -0.15) is 0 Å². The van der Waals surface area contributed by atoms with Gasteiger partial charge >= 0.3 is 0 Å². The highest BCUT2D eigenvalue weighted by molar-refractivity contribution is 6.25. The highest BCUT2D eigenvalue weighted by Crippen LogP contribution is 2.54. The Morgan fingerprint density at radius 2 is 1.70 bits per heavy atom. The number of aliphatic hydroxyl groups is 3. The topological polar surface area (TPSA) is 177 Å².